The predicted octanol–water partition coefficient (Wildman–Crippen LogP) is 3.03. The quantitative estimate of drug-likeness (QED) is 0.639. The molecule has 0 unspecified atom stereocenters. The number of benzene rings is 1. The maximum absolute atomic E-state index is 12.5. The van der Waals surface area contributed by atoms with E-state index in [-0.39, 0.29) is 13.2 Å². The molecule has 0 aliphatic carbocycles. The number of aromatic nitrogens is 2. The van der Waals surface area contributed by atoms with Crippen LogP contribution in [-0.4, -0.2) is 30.2 Å². The molecular weight excluding hydrogens is 339 g/mol. The Kier molecular flexibility index (Phi) is 5.65. The summed E-state index contributed by atoms with van der Waals surface area (Å²) in [7, 11) is 1.57. The number of fused-ring (bicyclic) bond motifs is 1. The minimum absolute atomic E-state index is 0.0819. The summed E-state index contributed by atoms with van der Waals surface area (Å²) in [5, 5.41) is 3.10. The van der Waals surface area contributed by atoms with Crippen molar-refractivity contribution >= 4 is 17.1 Å². The smallest absolute Gasteiger partial charge is 0.295 e. The van der Waals surface area contributed by atoms with Gasteiger partial charge in [0.05, 0.1) is 13.4 Å². The predicted molar refractivity (Wildman–Crippen MR) is 95.9 cm³/mol. The average molecular weight is 358 g/mol. The maximum atomic E-state index is 12.5. The fourth-order valence-electron chi connectivity index (χ4n) is 2.29. The first kappa shape index (κ1) is 17.7. The van der Waals surface area contributed by atoms with Crippen molar-refractivity contribution in [1.29, 1.82) is 0 Å². The van der Waals surface area contributed by atoms with Crippen LogP contribution in [-0.2, 0) is 6.54 Å². The number of anilines is 1. The molecule has 26 heavy (non-hydrogen) atoms. The van der Waals surface area contributed by atoms with Crippen LogP contribution in [0.2, 0.25) is 0 Å². The number of nitrogens with two attached hydrogens (primary N) is 1. The van der Waals surface area contributed by atoms with Crippen LogP contribution >= 0.6 is 0 Å². The average Bonchev–Trinajstić information content (AvgIpc) is 3.09. The molecule has 0 bridgehead atoms. The van der Waals surface area contributed by atoms with Crippen molar-refractivity contribution in [2.45, 2.75) is 6.54 Å². The van der Waals surface area contributed by atoms with Gasteiger partial charge in [0.15, 0.2) is 5.58 Å². The molecule has 0 spiro atoms. The van der Waals surface area contributed by atoms with Gasteiger partial charge in [0.1, 0.15) is 17.9 Å². The van der Waals surface area contributed by atoms with E-state index in [0.29, 0.717) is 47.2 Å². The molecule has 3 rings (SSSR count). The van der Waals surface area contributed by atoms with Crippen molar-refractivity contribution in [1.82, 2.24) is 9.97 Å². The summed E-state index contributed by atoms with van der Waals surface area (Å²) in [4.78, 5) is 8.51. The Labute approximate surface area is 149 Å². The number of hydrogen-bond donors (Lipinski definition) is 2. The van der Waals surface area contributed by atoms with Crippen molar-refractivity contribution in [2.75, 3.05) is 25.6 Å². The molecule has 3 N–H and O–H groups in total. The Balaban J connectivity index is 1.69. The van der Waals surface area contributed by atoms with Crippen LogP contribution in [0.5, 0.6) is 11.6 Å². The molecule has 0 saturated carbocycles. The molecule has 2 heterocycles. The number of pyridine rings is 1. The van der Waals surface area contributed by atoms with E-state index in [9.17, 15) is 4.39 Å². The molecule has 8 heteroatoms. The first-order chi connectivity index (χ1) is 12.7. The molecule has 2 aromatic heterocycles. The molecule has 3 aromatic rings. The van der Waals surface area contributed by atoms with Gasteiger partial charge in [-0.05, 0) is 18.2 Å². The zero-order valence-corrected chi connectivity index (χ0v) is 14.2. The number of oxazole rings is 1. The van der Waals surface area contributed by atoms with E-state index in [1.165, 1.54) is 0 Å². The maximum Gasteiger partial charge on any atom is 0.295 e. The third kappa shape index (κ3) is 4.09. The summed E-state index contributed by atoms with van der Waals surface area (Å²) in [5.74, 6) is 1.09. The standard InChI is InChI=1S/C18H19FN4O3/c1-24-17-13(3-2-6-21-17)10-22-18-23-15-5-4-14(7-16(15)26-18)25-11-12(8-19)9-20/h2-8H,9-11,20H2,1H3,(H,22,23)/b12-8-. The molecule has 0 fully saturated rings. The fraction of sp³-hybridized carbons (Fsp3) is 0.222. The minimum atomic E-state index is 0.0819. The third-order valence-corrected chi connectivity index (χ3v) is 3.67. The summed E-state index contributed by atoms with van der Waals surface area (Å²) < 4.78 is 28.9. The number of ether oxygens (including phenoxy) is 2. The number of hydrogen-bond acceptors (Lipinski definition) is 7. The zero-order chi connectivity index (χ0) is 18.4. The van der Waals surface area contributed by atoms with E-state index in [1.54, 1.807) is 31.5 Å². The van der Waals surface area contributed by atoms with Crippen LogP contribution in [0.4, 0.5) is 10.4 Å². The van der Waals surface area contributed by atoms with Gasteiger partial charge < -0.3 is 24.9 Å². The van der Waals surface area contributed by atoms with Crippen LogP contribution in [0.3, 0.4) is 0 Å². The lowest BCUT2D eigenvalue weighted by atomic mass is 10.3. The highest BCUT2D eigenvalue weighted by Gasteiger charge is 2.09. The van der Waals surface area contributed by atoms with Gasteiger partial charge in [0.2, 0.25) is 5.88 Å². The SMILES string of the molecule is COc1ncccc1CNc1nc2ccc(OC/C(=C\F)CN)cc2o1. The normalized spacial score (nSPS) is 11.6. The van der Waals surface area contributed by atoms with Gasteiger partial charge in [-0.1, -0.05) is 6.07 Å². The van der Waals surface area contributed by atoms with Crippen molar-refractivity contribution in [3.8, 4) is 11.6 Å². The Bertz CT molecular complexity index is 910. The summed E-state index contributed by atoms with van der Waals surface area (Å²) in [6, 6.07) is 9.31. The Morgan fingerprint density at radius 3 is 3.04 bits per heavy atom. The van der Waals surface area contributed by atoms with E-state index in [0.717, 1.165) is 5.56 Å². The zero-order valence-electron chi connectivity index (χ0n) is 14.2. The molecule has 0 amide bonds. The van der Waals surface area contributed by atoms with Gasteiger partial charge in [-0.25, -0.2) is 9.37 Å². The molecule has 1 aromatic carbocycles. The summed E-state index contributed by atoms with van der Waals surface area (Å²) in [6.45, 7) is 0.639. The Hall–Kier alpha value is -3.13. The second-order valence-electron chi connectivity index (χ2n) is 5.43. The van der Waals surface area contributed by atoms with Crippen LogP contribution in [0, 0.1) is 0 Å². The highest BCUT2D eigenvalue weighted by Crippen LogP contribution is 2.25. The van der Waals surface area contributed by atoms with Crippen molar-refractivity contribution in [3.63, 3.8) is 0 Å². The molecule has 0 radical (unpaired) electrons. The monoisotopic (exact) mass is 358 g/mol. The second-order valence-corrected chi connectivity index (χ2v) is 5.43. The number of nitrogens with one attached hydrogen (secondary N) is 1. The summed E-state index contributed by atoms with van der Waals surface area (Å²) in [6.07, 6.45) is 2.12. The van der Waals surface area contributed by atoms with Crippen LogP contribution in [0.25, 0.3) is 11.1 Å². The highest BCUT2D eigenvalue weighted by molar-refractivity contribution is 5.76. The van der Waals surface area contributed by atoms with E-state index in [1.807, 2.05) is 12.1 Å². The first-order valence-corrected chi connectivity index (χ1v) is 7.97. The molecule has 7 nitrogen and oxygen atoms in total. The van der Waals surface area contributed by atoms with Gasteiger partial charge in [-0.15, -0.1) is 0 Å². The number of halogens is 1. The van der Waals surface area contributed by atoms with Gasteiger partial charge in [0, 0.05) is 36.5 Å². The van der Waals surface area contributed by atoms with E-state index in [4.69, 9.17) is 19.6 Å². The molecule has 0 aliphatic rings. The van der Waals surface area contributed by atoms with Crippen molar-refractivity contribution < 1.29 is 18.3 Å². The summed E-state index contributed by atoms with van der Waals surface area (Å²) >= 11 is 0. The number of rotatable bonds is 8. The topological polar surface area (TPSA) is 95.4 Å². The minimum Gasteiger partial charge on any atom is -0.489 e. The van der Waals surface area contributed by atoms with Gasteiger partial charge >= 0.3 is 0 Å². The van der Waals surface area contributed by atoms with Crippen molar-refractivity contribution in [2.24, 2.45) is 5.73 Å². The van der Waals surface area contributed by atoms with E-state index in [2.05, 4.69) is 15.3 Å². The van der Waals surface area contributed by atoms with Crippen LogP contribution < -0.4 is 20.5 Å². The molecule has 0 atom stereocenters. The lowest BCUT2D eigenvalue weighted by Gasteiger charge is -2.06. The van der Waals surface area contributed by atoms with Crippen LogP contribution in [0.15, 0.2) is 52.8 Å². The Morgan fingerprint density at radius 2 is 2.27 bits per heavy atom. The molecule has 0 saturated heterocycles. The highest BCUT2D eigenvalue weighted by atomic mass is 19.1. The number of nitrogens with zero attached hydrogens (tertiary/aromatic N) is 2. The lowest BCUT2D eigenvalue weighted by Crippen LogP contribution is -2.10. The molecular formula is C18H19FN4O3. The molecule has 0 aliphatic heterocycles. The fourth-order valence-corrected chi connectivity index (χ4v) is 2.29. The number of methoxy groups -OCH3 is 1. The third-order valence-electron chi connectivity index (χ3n) is 3.67. The van der Waals surface area contributed by atoms with Gasteiger partial charge in [-0.2, -0.15) is 4.98 Å². The van der Waals surface area contributed by atoms with E-state index < -0.39 is 0 Å². The van der Waals surface area contributed by atoms with Crippen LogP contribution in [0.1, 0.15) is 5.56 Å². The summed E-state index contributed by atoms with van der Waals surface area (Å²) in [5.41, 5.74) is 7.89. The van der Waals surface area contributed by atoms with Gasteiger partial charge in [0.25, 0.3) is 6.01 Å². The van der Waals surface area contributed by atoms with Gasteiger partial charge in [-0.3, -0.25) is 0 Å². The van der Waals surface area contributed by atoms with Crippen molar-refractivity contribution in [3.05, 3.63) is 54.0 Å². The largest absolute Gasteiger partial charge is 0.489 e. The second kappa shape index (κ2) is 8.30. The molecule has 136 valence electrons. The lowest BCUT2D eigenvalue weighted by molar-refractivity contribution is 0.347. The van der Waals surface area contributed by atoms with E-state index >= 15 is 0 Å². The first-order valence-electron chi connectivity index (χ1n) is 7.97. The Morgan fingerprint density at radius 1 is 1.38 bits per heavy atom.